The van der Waals surface area contributed by atoms with Crippen molar-refractivity contribution in [3.63, 3.8) is 0 Å². The molecule has 2 nitrogen and oxygen atoms in total. The van der Waals surface area contributed by atoms with E-state index in [2.05, 4.69) is 67.6 Å². The molecule has 0 bridgehead atoms. The van der Waals surface area contributed by atoms with Crippen molar-refractivity contribution in [1.82, 2.24) is 0 Å². The Morgan fingerprint density at radius 1 is 0.821 bits per heavy atom. The zero-order chi connectivity index (χ0) is 19.0. The van der Waals surface area contributed by atoms with Crippen molar-refractivity contribution in [2.24, 2.45) is 0 Å². The molecule has 2 aliphatic rings. The SMILES string of the molecule is CC1CC2(c3ccc(N)cc3)c3ccc(N)cc3-c3cccc4ccc1c2c34. The minimum absolute atomic E-state index is 0.153. The van der Waals surface area contributed by atoms with E-state index in [1.165, 1.54) is 44.2 Å². The molecule has 136 valence electrons. The second kappa shape index (κ2) is 5.17. The summed E-state index contributed by atoms with van der Waals surface area (Å²) < 4.78 is 0. The molecule has 2 aliphatic carbocycles. The molecule has 0 spiro atoms. The zero-order valence-electron chi connectivity index (χ0n) is 15.9. The van der Waals surface area contributed by atoms with Crippen molar-refractivity contribution < 1.29 is 0 Å². The molecule has 2 heteroatoms. The Balaban J connectivity index is 1.86. The predicted molar refractivity (Wildman–Crippen MR) is 118 cm³/mol. The maximum atomic E-state index is 6.24. The molecule has 0 saturated heterocycles. The summed E-state index contributed by atoms with van der Waals surface area (Å²) in [5.74, 6) is 0.494. The van der Waals surface area contributed by atoms with Crippen LogP contribution in [0.5, 0.6) is 0 Å². The summed E-state index contributed by atoms with van der Waals surface area (Å²) in [6, 6.07) is 26.2. The van der Waals surface area contributed by atoms with E-state index in [4.69, 9.17) is 11.5 Å². The van der Waals surface area contributed by atoms with Gasteiger partial charge in [0.15, 0.2) is 0 Å². The van der Waals surface area contributed by atoms with E-state index in [0.29, 0.717) is 5.92 Å². The Hall–Kier alpha value is -3.26. The van der Waals surface area contributed by atoms with Crippen molar-refractivity contribution in [3.05, 3.63) is 95.1 Å². The lowest BCUT2D eigenvalue weighted by Crippen LogP contribution is -2.30. The molecular weight excluding hydrogens is 340 g/mol. The number of nitrogens with two attached hydrogens (primary N) is 2. The number of nitrogen functional groups attached to an aromatic ring is 2. The van der Waals surface area contributed by atoms with Crippen LogP contribution < -0.4 is 11.5 Å². The Bertz CT molecular complexity index is 1270. The van der Waals surface area contributed by atoms with E-state index < -0.39 is 0 Å². The Kier molecular flexibility index (Phi) is 2.91. The molecule has 0 saturated carbocycles. The van der Waals surface area contributed by atoms with Crippen LogP contribution in [0.15, 0.2) is 72.8 Å². The van der Waals surface area contributed by atoms with Crippen molar-refractivity contribution in [2.75, 3.05) is 11.5 Å². The van der Waals surface area contributed by atoms with Gasteiger partial charge < -0.3 is 11.5 Å². The maximum absolute atomic E-state index is 6.24. The first kappa shape index (κ1) is 15.8. The number of anilines is 2. The van der Waals surface area contributed by atoms with Gasteiger partial charge in [-0.1, -0.05) is 55.5 Å². The Morgan fingerprint density at radius 3 is 2.43 bits per heavy atom. The van der Waals surface area contributed by atoms with Crippen LogP contribution in [0.3, 0.4) is 0 Å². The number of fused-ring (bicyclic) bond motifs is 3. The minimum atomic E-state index is -0.153. The fourth-order valence-corrected chi connectivity index (χ4v) is 5.75. The van der Waals surface area contributed by atoms with Gasteiger partial charge in [0.1, 0.15) is 0 Å². The van der Waals surface area contributed by atoms with E-state index in [0.717, 1.165) is 17.8 Å². The average Bonchev–Trinajstić information content (AvgIpc) is 3.02. The summed E-state index contributed by atoms with van der Waals surface area (Å²) in [7, 11) is 0. The summed E-state index contributed by atoms with van der Waals surface area (Å²) in [6.45, 7) is 2.36. The average molecular weight is 362 g/mol. The normalized spacial score (nSPS) is 21.7. The highest BCUT2D eigenvalue weighted by Crippen LogP contribution is 2.61. The van der Waals surface area contributed by atoms with Crippen molar-refractivity contribution in [3.8, 4) is 11.1 Å². The van der Waals surface area contributed by atoms with Gasteiger partial charge in [0.25, 0.3) is 0 Å². The van der Waals surface area contributed by atoms with Crippen LogP contribution >= 0.6 is 0 Å². The van der Waals surface area contributed by atoms with Crippen molar-refractivity contribution in [1.29, 1.82) is 0 Å². The maximum Gasteiger partial charge on any atom is 0.0472 e. The fourth-order valence-electron chi connectivity index (χ4n) is 5.75. The molecule has 0 fully saturated rings. The molecule has 6 rings (SSSR count). The van der Waals surface area contributed by atoms with E-state index in [1.807, 2.05) is 12.1 Å². The van der Waals surface area contributed by atoms with E-state index in [-0.39, 0.29) is 5.41 Å². The first-order valence-electron chi connectivity index (χ1n) is 9.92. The molecule has 0 amide bonds. The van der Waals surface area contributed by atoms with Gasteiger partial charge in [0, 0.05) is 16.8 Å². The standard InChI is InChI=1S/C26H22N2/c1-15-14-26(17-6-8-18(27)9-7-17)23-12-10-19(28)13-22(23)21-4-2-3-16-5-11-20(15)25(26)24(16)21/h2-13,15H,14,27-28H2,1H3. The summed E-state index contributed by atoms with van der Waals surface area (Å²) in [5.41, 5.74) is 21.9. The van der Waals surface area contributed by atoms with Gasteiger partial charge in [-0.3, -0.25) is 0 Å². The minimum Gasteiger partial charge on any atom is -0.399 e. The smallest absolute Gasteiger partial charge is 0.0472 e. The van der Waals surface area contributed by atoms with Crippen LogP contribution in [0.25, 0.3) is 21.9 Å². The highest BCUT2D eigenvalue weighted by molar-refractivity contribution is 6.05. The largest absolute Gasteiger partial charge is 0.399 e. The third-order valence-corrected chi connectivity index (χ3v) is 6.84. The predicted octanol–water partition coefficient (Wildman–Crippen LogP) is 5.83. The first-order valence-corrected chi connectivity index (χ1v) is 9.92. The number of hydrogen-bond donors (Lipinski definition) is 2. The Morgan fingerprint density at radius 2 is 1.61 bits per heavy atom. The summed E-state index contributed by atoms with van der Waals surface area (Å²) >= 11 is 0. The molecular formula is C26H22N2. The Labute approximate surface area is 164 Å². The fraction of sp³-hybridized carbons (Fsp3) is 0.154. The van der Waals surface area contributed by atoms with Crippen LogP contribution in [0.2, 0.25) is 0 Å². The number of hydrogen-bond acceptors (Lipinski definition) is 2. The van der Waals surface area contributed by atoms with Crippen LogP contribution in [-0.2, 0) is 5.41 Å². The number of rotatable bonds is 1. The van der Waals surface area contributed by atoms with Crippen LogP contribution in [0.1, 0.15) is 41.5 Å². The highest BCUT2D eigenvalue weighted by Gasteiger charge is 2.49. The molecule has 0 aromatic heterocycles. The quantitative estimate of drug-likeness (QED) is 0.419. The molecule has 0 heterocycles. The van der Waals surface area contributed by atoms with E-state index in [1.54, 1.807) is 0 Å². The molecule has 4 aromatic carbocycles. The second-order valence-electron chi connectivity index (χ2n) is 8.37. The number of benzene rings is 4. The van der Waals surface area contributed by atoms with Crippen molar-refractivity contribution in [2.45, 2.75) is 24.7 Å². The van der Waals surface area contributed by atoms with Crippen LogP contribution in [0.4, 0.5) is 11.4 Å². The summed E-state index contributed by atoms with van der Waals surface area (Å²) in [4.78, 5) is 0. The molecule has 0 radical (unpaired) electrons. The van der Waals surface area contributed by atoms with Gasteiger partial charge in [0.2, 0.25) is 0 Å². The molecule has 2 unspecified atom stereocenters. The third-order valence-electron chi connectivity index (χ3n) is 6.84. The van der Waals surface area contributed by atoms with E-state index >= 15 is 0 Å². The third kappa shape index (κ3) is 1.78. The lowest BCUT2D eigenvalue weighted by atomic mass is 9.63. The molecule has 0 aliphatic heterocycles. The van der Waals surface area contributed by atoms with Crippen LogP contribution in [0, 0.1) is 0 Å². The van der Waals surface area contributed by atoms with Gasteiger partial charge in [-0.25, -0.2) is 0 Å². The lowest BCUT2D eigenvalue weighted by Gasteiger charge is -2.39. The first-order chi connectivity index (χ1) is 13.6. The van der Waals surface area contributed by atoms with E-state index in [9.17, 15) is 0 Å². The van der Waals surface area contributed by atoms with Crippen molar-refractivity contribution >= 4 is 22.1 Å². The molecule has 2 atom stereocenters. The summed E-state index contributed by atoms with van der Waals surface area (Å²) in [6.07, 6.45) is 1.07. The van der Waals surface area contributed by atoms with Gasteiger partial charge in [-0.2, -0.15) is 0 Å². The molecule has 4 N–H and O–H groups in total. The molecule has 28 heavy (non-hydrogen) atoms. The molecule has 4 aromatic rings. The monoisotopic (exact) mass is 362 g/mol. The van der Waals surface area contributed by atoms with Gasteiger partial charge >= 0.3 is 0 Å². The van der Waals surface area contributed by atoms with Gasteiger partial charge in [0.05, 0.1) is 0 Å². The summed E-state index contributed by atoms with van der Waals surface area (Å²) in [5, 5.41) is 2.69. The highest BCUT2D eigenvalue weighted by atomic mass is 14.6. The zero-order valence-corrected chi connectivity index (χ0v) is 15.9. The second-order valence-corrected chi connectivity index (χ2v) is 8.37. The van der Waals surface area contributed by atoms with Gasteiger partial charge in [-0.15, -0.1) is 0 Å². The lowest BCUT2D eigenvalue weighted by molar-refractivity contribution is 0.564. The van der Waals surface area contributed by atoms with Crippen LogP contribution in [-0.4, -0.2) is 0 Å². The topological polar surface area (TPSA) is 52.0 Å². The van der Waals surface area contributed by atoms with Gasteiger partial charge in [-0.05, 0) is 80.8 Å².